The van der Waals surface area contributed by atoms with Crippen molar-refractivity contribution in [3.8, 4) is 0 Å². The van der Waals surface area contributed by atoms with E-state index in [9.17, 15) is 13.5 Å². The molecule has 1 saturated heterocycles. The van der Waals surface area contributed by atoms with Crippen molar-refractivity contribution in [3.05, 3.63) is 0 Å². The number of hydrogen-bond acceptors (Lipinski definition) is 3. The molecule has 13 heavy (non-hydrogen) atoms. The average Bonchev–Trinajstić information content (AvgIpc) is 1.94. The molecule has 0 aliphatic carbocycles. The van der Waals surface area contributed by atoms with Crippen LogP contribution >= 0.6 is 0 Å². The van der Waals surface area contributed by atoms with E-state index in [1.807, 2.05) is 20.8 Å². The van der Waals surface area contributed by atoms with Crippen LogP contribution in [0.3, 0.4) is 0 Å². The summed E-state index contributed by atoms with van der Waals surface area (Å²) in [6.45, 7) is 5.85. The van der Waals surface area contributed by atoms with Gasteiger partial charge in [0.25, 0.3) is 0 Å². The Kier molecular flexibility index (Phi) is 2.50. The Balaban J connectivity index is 2.79. The third-order valence-corrected chi connectivity index (χ3v) is 4.70. The van der Waals surface area contributed by atoms with Gasteiger partial charge in [0, 0.05) is 0 Å². The molecule has 0 bridgehead atoms. The molecule has 1 heterocycles. The molecule has 0 radical (unpaired) electrons. The zero-order valence-corrected chi connectivity index (χ0v) is 9.32. The van der Waals surface area contributed by atoms with Crippen LogP contribution in [-0.4, -0.2) is 30.6 Å². The topological polar surface area (TPSA) is 54.4 Å². The maximum absolute atomic E-state index is 11.2. The van der Waals surface area contributed by atoms with Crippen LogP contribution in [0, 0.1) is 5.41 Å². The minimum Gasteiger partial charge on any atom is -0.389 e. The zero-order valence-electron chi connectivity index (χ0n) is 8.50. The van der Waals surface area contributed by atoms with E-state index in [0.29, 0.717) is 12.8 Å². The predicted molar refractivity (Wildman–Crippen MR) is 52.3 cm³/mol. The van der Waals surface area contributed by atoms with Crippen molar-refractivity contribution in [2.24, 2.45) is 5.41 Å². The van der Waals surface area contributed by atoms with Gasteiger partial charge in [-0.05, 0) is 18.3 Å². The highest BCUT2D eigenvalue weighted by Crippen LogP contribution is 2.39. The average molecular weight is 206 g/mol. The van der Waals surface area contributed by atoms with Crippen molar-refractivity contribution in [2.45, 2.75) is 39.2 Å². The molecule has 0 saturated carbocycles. The summed E-state index contributed by atoms with van der Waals surface area (Å²) in [4.78, 5) is 0. The lowest BCUT2D eigenvalue weighted by Crippen LogP contribution is -2.48. The van der Waals surface area contributed by atoms with E-state index in [1.165, 1.54) is 0 Å². The molecule has 78 valence electrons. The number of aliphatic hydroxyl groups is 1. The Morgan fingerprint density at radius 2 is 1.54 bits per heavy atom. The van der Waals surface area contributed by atoms with E-state index in [0.717, 1.165) is 0 Å². The summed E-state index contributed by atoms with van der Waals surface area (Å²) in [6.07, 6.45) is 0.748. The van der Waals surface area contributed by atoms with Crippen LogP contribution in [0.2, 0.25) is 0 Å². The lowest BCUT2D eigenvalue weighted by Gasteiger charge is -2.42. The first-order chi connectivity index (χ1) is 5.66. The van der Waals surface area contributed by atoms with Crippen LogP contribution < -0.4 is 0 Å². The SMILES string of the molecule is CC(C)(C)C1(O)CCS(=O)(=O)CC1. The van der Waals surface area contributed by atoms with Gasteiger partial charge in [0.05, 0.1) is 17.1 Å². The number of hydrogen-bond donors (Lipinski definition) is 1. The van der Waals surface area contributed by atoms with Gasteiger partial charge in [-0.15, -0.1) is 0 Å². The highest BCUT2D eigenvalue weighted by Gasteiger charge is 2.43. The molecule has 0 atom stereocenters. The van der Waals surface area contributed by atoms with Gasteiger partial charge in [-0.3, -0.25) is 0 Å². The third-order valence-electron chi connectivity index (χ3n) is 3.05. The fraction of sp³-hybridized carbons (Fsp3) is 1.00. The second-order valence-electron chi connectivity index (χ2n) is 4.93. The first kappa shape index (κ1) is 11.0. The second-order valence-corrected chi connectivity index (χ2v) is 7.24. The van der Waals surface area contributed by atoms with E-state index in [4.69, 9.17) is 0 Å². The van der Waals surface area contributed by atoms with Crippen molar-refractivity contribution in [2.75, 3.05) is 11.5 Å². The van der Waals surface area contributed by atoms with E-state index in [1.54, 1.807) is 0 Å². The van der Waals surface area contributed by atoms with Crippen LogP contribution in [0.25, 0.3) is 0 Å². The third kappa shape index (κ3) is 2.23. The first-order valence-corrected chi connectivity index (χ1v) is 6.41. The minimum atomic E-state index is -2.87. The van der Waals surface area contributed by atoms with Gasteiger partial charge in [-0.1, -0.05) is 20.8 Å². The molecule has 4 heteroatoms. The molecule has 1 fully saturated rings. The molecule has 0 amide bonds. The summed E-state index contributed by atoms with van der Waals surface area (Å²) in [6, 6.07) is 0. The lowest BCUT2D eigenvalue weighted by molar-refractivity contribution is -0.0649. The fourth-order valence-corrected chi connectivity index (χ4v) is 3.13. The molecule has 1 rings (SSSR count). The molecular weight excluding hydrogens is 188 g/mol. The van der Waals surface area contributed by atoms with E-state index in [-0.39, 0.29) is 16.9 Å². The summed E-state index contributed by atoms with van der Waals surface area (Å²) in [5.74, 6) is 0.252. The van der Waals surface area contributed by atoms with Gasteiger partial charge >= 0.3 is 0 Å². The monoisotopic (exact) mass is 206 g/mol. The van der Waals surface area contributed by atoms with E-state index >= 15 is 0 Å². The molecule has 0 aromatic carbocycles. The molecule has 3 nitrogen and oxygen atoms in total. The smallest absolute Gasteiger partial charge is 0.150 e. The molecule has 0 aromatic rings. The molecule has 1 N–H and O–H groups in total. The quantitative estimate of drug-likeness (QED) is 0.642. The molecule has 1 aliphatic rings. The molecular formula is C9H18O3S. The highest BCUT2D eigenvalue weighted by molar-refractivity contribution is 7.91. The van der Waals surface area contributed by atoms with Crippen LogP contribution in [0.4, 0.5) is 0 Å². The van der Waals surface area contributed by atoms with Gasteiger partial charge in [0.1, 0.15) is 0 Å². The normalized spacial score (nSPS) is 27.1. The van der Waals surface area contributed by atoms with E-state index < -0.39 is 15.4 Å². The summed E-state index contributed by atoms with van der Waals surface area (Å²) >= 11 is 0. The summed E-state index contributed by atoms with van der Waals surface area (Å²) < 4.78 is 22.3. The summed E-state index contributed by atoms with van der Waals surface area (Å²) in [7, 11) is -2.87. The minimum absolute atomic E-state index is 0.126. The Hall–Kier alpha value is -0.0900. The van der Waals surface area contributed by atoms with Crippen molar-refractivity contribution >= 4 is 9.84 Å². The van der Waals surface area contributed by atoms with Gasteiger partial charge < -0.3 is 5.11 Å². The Labute approximate surface area is 80.1 Å². The number of rotatable bonds is 0. The predicted octanol–water partition coefficient (Wildman–Crippen LogP) is 0.972. The molecule has 0 aromatic heterocycles. The Bertz CT molecular complexity index is 270. The molecule has 1 aliphatic heterocycles. The molecule has 0 unspecified atom stereocenters. The van der Waals surface area contributed by atoms with Crippen LogP contribution in [-0.2, 0) is 9.84 Å². The maximum atomic E-state index is 11.2. The lowest BCUT2D eigenvalue weighted by atomic mass is 9.73. The Morgan fingerprint density at radius 1 is 1.15 bits per heavy atom. The van der Waals surface area contributed by atoms with Crippen molar-refractivity contribution < 1.29 is 13.5 Å². The summed E-state index contributed by atoms with van der Waals surface area (Å²) in [5, 5.41) is 10.2. The van der Waals surface area contributed by atoms with Gasteiger partial charge in [-0.25, -0.2) is 8.42 Å². The highest BCUT2D eigenvalue weighted by atomic mass is 32.2. The summed E-state index contributed by atoms with van der Waals surface area (Å²) in [5.41, 5.74) is -1.04. The van der Waals surface area contributed by atoms with Crippen molar-refractivity contribution in [3.63, 3.8) is 0 Å². The molecule has 0 spiro atoms. The van der Waals surface area contributed by atoms with Gasteiger partial charge in [0.15, 0.2) is 9.84 Å². The van der Waals surface area contributed by atoms with Crippen molar-refractivity contribution in [1.82, 2.24) is 0 Å². The second kappa shape index (κ2) is 2.95. The maximum Gasteiger partial charge on any atom is 0.150 e. The number of sulfone groups is 1. The van der Waals surface area contributed by atoms with E-state index in [2.05, 4.69) is 0 Å². The fourth-order valence-electron chi connectivity index (χ4n) is 1.63. The van der Waals surface area contributed by atoms with Crippen LogP contribution in [0.15, 0.2) is 0 Å². The largest absolute Gasteiger partial charge is 0.389 e. The zero-order chi connectivity index (χ0) is 10.3. The van der Waals surface area contributed by atoms with Gasteiger partial charge in [-0.2, -0.15) is 0 Å². The first-order valence-electron chi connectivity index (χ1n) is 4.59. The Morgan fingerprint density at radius 3 is 1.85 bits per heavy atom. The van der Waals surface area contributed by atoms with Crippen molar-refractivity contribution in [1.29, 1.82) is 0 Å². The van der Waals surface area contributed by atoms with Crippen LogP contribution in [0.1, 0.15) is 33.6 Å². The van der Waals surface area contributed by atoms with Crippen LogP contribution in [0.5, 0.6) is 0 Å². The van der Waals surface area contributed by atoms with Gasteiger partial charge in [0.2, 0.25) is 0 Å². The standard InChI is InChI=1S/C9H18O3S/c1-8(2,3)9(10)4-6-13(11,12)7-5-9/h10H,4-7H2,1-3H3.